The van der Waals surface area contributed by atoms with E-state index in [4.69, 9.17) is 26.5 Å². The molecule has 0 bridgehead atoms. The molecule has 3 aromatic carbocycles. The second-order valence-corrected chi connectivity index (χ2v) is 7.51. The first kappa shape index (κ1) is 24.9. The third-order valence-electron chi connectivity index (χ3n) is 4.92. The van der Waals surface area contributed by atoms with Crippen LogP contribution in [-0.2, 0) is 9.53 Å². The van der Waals surface area contributed by atoms with Gasteiger partial charge in [-0.2, -0.15) is 0 Å². The van der Waals surface area contributed by atoms with Crippen LogP contribution in [0.15, 0.2) is 59.6 Å². The molecule has 0 unspecified atom stereocenters. The molecule has 3 aromatic rings. The van der Waals surface area contributed by atoms with Crippen LogP contribution in [0.5, 0.6) is 5.75 Å². The number of carbonyl (C=O) groups excluding carboxylic acids is 3. The highest BCUT2D eigenvalue weighted by molar-refractivity contribution is 6.10. The average Bonchev–Trinajstić information content (AvgIpc) is 2.85. The van der Waals surface area contributed by atoms with Gasteiger partial charge >= 0.3 is 11.9 Å². The normalized spacial score (nSPS) is 10.7. The molecule has 1 amide bonds. The molecule has 0 saturated carbocycles. The largest absolute Gasteiger partial charge is 0.452 e. The summed E-state index contributed by atoms with van der Waals surface area (Å²) in [7, 11) is 3.07. The molecular formula is C24H24N6O5. The van der Waals surface area contributed by atoms with E-state index in [-0.39, 0.29) is 22.7 Å². The minimum atomic E-state index is -0.844. The molecule has 0 aliphatic rings. The van der Waals surface area contributed by atoms with Crippen molar-refractivity contribution in [3.05, 3.63) is 71.3 Å². The van der Waals surface area contributed by atoms with Gasteiger partial charge in [0, 0.05) is 25.0 Å². The number of aliphatic imine (C=N–C) groups is 1. The number of rotatable bonds is 8. The summed E-state index contributed by atoms with van der Waals surface area (Å²) in [5.41, 5.74) is 9.05. The number of nitrogens with one attached hydrogen (secondary N) is 2. The number of carbonyl (C=O) groups is 3. The molecule has 3 rings (SSSR count). The van der Waals surface area contributed by atoms with Gasteiger partial charge in [0.15, 0.2) is 6.61 Å². The van der Waals surface area contributed by atoms with Crippen LogP contribution in [-0.4, -0.2) is 55.6 Å². The number of benzene rings is 3. The highest BCUT2D eigenvalue weighted by Crippen LogP contribution is 2.30. The molecule has 180 valence electrons. The van der Waals surface area contributed by atoms with Crippen LogP contribution in [0.3, 0.4) is 0 Å². The van der Waals surface area contributed by atoms with E-state index in [0.29, 0.717) is 22.0 Å². The van der Waals surface area contributed by atoms with Crippen LogP contribution in [0.4, 0.5) is 5.69 Å². The average molecular weight is 476 g/mol. The first-order chi connectivity index (χ1) is 16.7. The Kier molecular flexibility index (Phi) is 7.74. The van der Waals surface area contributed by atoms with Crippen molar-refractivity contribution in [2.24, 2.45) is 16.6 Å². The van der Waals surface area contributed by atoms with Crippen LogP contribution < -0.4 is 21.7 Å². The number of amides is 1. The summed E-state index contributed by atoms with van der Waals surface area (Å²) in [5.74, 6) is 2.99. The van der Waals surface area contributed by atoms with Crippen LogP contribution >= 0.6 is 0 Å². The second-order valence-electron chi connectivity index (χ2n) is 7.51. The quantitative estimate of drug-likeness (QED) is 0.0949. The summed E-state index contributed by atoms with van der Waals surface area (Å²) in [6, 6.07) is 14.1. The summed E-state index contributed by atoms with van der Waals surface area (Å²) in [6.45, 7) is -0.485. The number of nitrogens with two attached hydrogens (primary N) is 2. The molecule has 0 fully saturated rings. The van der Waals surface area contributed by atoms with E-state index in [1.165, 1.54) is 43.5 Å². The number of nitrogen functional groups attached to an aromatic ring is 1. The number of hydrazine groups is 1. The molecule has 0 atom stereocenters. The summed E-state index contributed by atoms with van der Waals surface area (Å²) in [4.78, 5) is 43.0. The maximum Gasteiger partial charge on any atom is 0.343 e. The van der Waals surface area contributed by atoms with Gasteiger partial charge in [0.2, 0.25) is 0 Å². The molecule has 0 radical (unpaired) electrons. The molecule has 0 saturated heterocycles. The van der Waals surface area contributed by atoms with Gasteiger partial charge in [-0.25, -0.2) is 20.4 Å². The predicted molar refractivity (Wildman–Crippen MR) is 131 cm³/mol. The van der Waals surface area contributed by atoms with Crippen LogP contribution in [0.25, 0.3) is 10.8 Å². The van der Waals surface area contributed by atoms with Gasteiger partial charge in [-0.3, -0.25) is 10.2 Å². The van der Waals surface area contributed by atoms with E-state index >= 15 is 0 Å². The molecule has 0 spiro atoms. The minimum absolute atomic E-state index is 0.0345. The Labute approximate surface area is 200 Å². The number of nitrogens with zero attached hydrogens (tertiary/aromatic N) is 2. The van der Waals surface area contributed by atoms with Crippen molar-refractivity contribution >= 4 is 46.5 Å². The summed E-state index contributed by atoms with van der Waals surface area (Å²) in [5, 5.41) is 8.61. The SMILES string of the molecule is CN(C)C(=O)COC(=O)c1c(OC(=O)c2ccc(N=CNN)cc2)ccc2cc(C(=N)N)ccc12. The first-order valence-electron chi connectivity index (χ1n) is 10.3. The van der Waals surface area contributed by atoms with Crippen LogP contribution in [0, 0.1) is 5.41 Å². The molecule has 0 aliphatic heterocycles. The number of likely N-dealkylation sites (N-methyl/N-ethyl adjacent to an activating group) is 1. The van der Waals surface area contributed by atoms with Gasteiger partial charge < -0.3 is 25.5 Å². The fourth-order valence-electron chi connectivity index (χ4n) is 3.06. The van der Waals surface area contributed by atoms with Crippen molar-refractivity contribution in [2.75, 3.05) is 20.7 Å². The maximum absolute atomic E-state index is 13.0. The van der Waals surface area contributed by atoms with Crippen LogP contribution in [0.1, 0.15) is 26.3 Å². The first-order valence-corrected chi connectivity index (χ1v) is 10.3. The third-order valence-corrected chi connectivity index (χ3v) is 4.92. The maximum atomic E-state index is 13.0. The van der Waals surface area contributed by atoms with Gasteiger partial charge in [-0.15, -0.1) is 0 Å². The molecular weight excluding hydrogens is 452 g/mol. The van der Waals surface area contributed by atoms with Gasteiger partial charge in [-0.05, 0) is 41.8 Å². The Bertz CT molecular complexity index is 1320. The standard InChI is InChI=1S/C24H24N6O5/c1-30(2)20(31)12-34-24(33)21-18-9-5-16(22(25)26)11-15(18)6-10-19(21)35-23(32)14-3-7-17(8-4-14)28-13-29-27/h3-11,13H,12,27H2,1-2H3,(H3,25,26)(H,28,29). The Morgan fingerprint density at radius 1 is 1.03 bits per heavy atom. The Morgan fingerprint density at radius 2 is 1.71 bits per heavy atom. The van der Waals surface area contributed by atoms with Gasteiger partial charge in [0.05, 0.1) is 11.3 Å². The number of hydrogen-bond acceptors (Lipinski definition) is 8. The van der Waals surface area contributed by atoms with Gasteiger partial charge in [0.25, 0.3) is 5.91 Å². The summed E-state index contributed by atoms with van der Waals surface area (Å²) < 4.78 is 10.7. The van der Waals surface area contributed by atoms with E-state index in [2.05, 4.69) is 10.4 Å². The molecule has 0 heterocycles. The zero-order chi connectivity index (χ0) is 25.5. The zero-order valence-corrected chi connectivity index (χ0v) is 19.1. The summed E-state index contributed by atoms with van der Waals surface area (Å²) >= 11 is 0. The molecule has 0 aromatic heterocycles. The molecule has 11 heteroatoms. The highest BCUT2D eigenvalue weighted by atomic mass is 16.6. The fraction of sp³-hybridized carbons (Fsp3) is 0.125. The van der Waals surface area contributed by atoms with E-state index < -0.39 is 24.5 Å². The van der Waals surface area contributed by atoms with E-state index in [1.54, 1.807) is 36.4 Å². The lowest BCUT2D eigenvalue weighted by atomic mass is 10.0. The van der Waals surface area contributed by atoms with Crippen LogP contribution in [0.2, 0.25) is 0 Å². The number of esters is 2. The lowest BCUT2D eigenvalue weighted by Crippen LogP contribution is -2.27. The third kappa shape index (κ3) is 5.97. The zero-order valence-electron chi connectivity index (χ0n) is 19.1. The van der Waals surface area contributed by atoms with E-state index in [0.717, 1.165) is 0 Å². The minimum Gasteiger partial charge on any atom is -0.452 e. The number of fused-ring (bicyclic) bond motifs is 1. The van der Waals surface area contributed by atoms with Crippen molar-refractivity contribution in [2.45, 2.75) is 0 Å². The van der Waals surface area contributed by atoms with Crippen molar-refractivity contribution < 1.29 is 23.9 Å². The van der Waals surface area contributed by atoms with Gasteiger partial charge in [0.1, 0.15) is 23.5 Å². The molecule has 35 heavy (non-hydrogen) atoms. The monoisotopic (exact) mass is 476 g/mol. The molecule has 6 N–H and O–H groups in total. The Balaban J connectivity index is 1.97. The second kappa shape index (κ2) is 10.9. The fourth-order valence-corrected chi connectivity index (χ4v) is 3.06. The van der Waals surface area contributed by atoms with E-state index in [1.807, 2.05) is 0 Å². The summed E-state index contributed by atoms with van der Waals surface area (Å²) in [6.07, 6.45) is 1.29. The number of amidine groups is 1. The Hall–Kier alpha value is -4.77. The van der Waals surface area contributed by atoms with Crippen molar-refractivity contribution in [1.82, 2.24) is 10.3 Å². The van der Waals surface area contributed by atoms with Crippen molar-refractivity contribution in [3.8, 4) is 5.75 Å². The number of hydrogen-bond donors (Lipinski definition) is 4. The number of ether oxygens (including phenoxy) is 2. The van der Waals surface area contributed by atoms with E-state index in [9.17, 15) is 14.4 Å². The van der Waals surface area contributed by atoms with Crippen molar-refractivity contribution in [1.29, 1.82) is 5.41 Å². The van der Waals surface area contributed by atoms with Gasteiger partial charge in [-0.1, -0.05) is 18.2 Å². The van der Waals surface area contributed by atoms with Crippen molar-refractivity contribution in [3.63, 3.8) is 0 Å². The molecule has 0 aliphatic carbocycles. The highest BCUT2D eigenvalue weighted by Gasteiger charge is 2.22. The topological polar surface area (TPSA) is 173 Å². The Morgan fingerprint density at radius 3 is 2.34 bits per heavy atom. The predicted octanol–water partition coefficient (Wildman–Crippen LogP) is 1.71. The molecule has 11 nitrogen and oxygen atoms in total. The smallest absolute Gasteiger partial charge is 0.343 e. The lowest BCUT2D eigenvalue weighted by Gasteiger charge is -2.15. The lowest BCUT2D eigenvalue weighted by molar-refractivity contribution is -0.131.